The third-order valence-corrected chi connectivity index (χ3v) is 8.57. The molecule has 0 aliphatic carbocycles. The van der Waals surface area contributed by atoms with Gasteiger partial charge in [-0.15, -0.1) is 10.2 Å². The maximum Gasteiger partial charge on any atom is 0.296 e. The van der Waals surface area contributed by atoms with E-state index in [1.54, 1.807) is 12.1 Å². The van der Waals surface area contributed by atoms with Crippen molar-refractivity contribution in [2.24, 2.45) is 0 Å². The van der Waals surface area contributed by atoms with Crippen LogP contribution in [0.5, 0.6) is 5.75 Å². The molecule has 1 N–H and O–H groups in total. The lowest BCUT2D eigenvalue weighted by atomic mass is 9.95. The Bertz CT molecular complexity index is 1570. The number of rotatable bonds is 12. The van der Waals surface area contributed by atoms with Crippen molar-refractivity contribution < 1.29 is 19.4 Å². The van der Waals surface area contributed by atoms with Gasteiger partial charge in [0, 0.05) is 5.75 Å². The van der Waals surface area contributed by atoms with Crippen LogP contribution >= 0.6 is 23.1 Å². The molecular formula is C32H29N3O4S2. The lowest BCUT2D eigenvalue weighted by Crippen LogP contribution is -2.30. The standard InChI is InChI=1S/C32H29N3O4S2/c1-2-3-19-39-25-16-10-15-24(20-25)28-27(26(36)18-17-22-11-6-4-7-12-22)29(37)30(38)35(28)31-33-34-32(41-31)40-21-23-13-8-5-9-14-23/h4-18,20,28,37H,2-3,19,21H2,1H3. The van der Waals surface area contributed by atoms with E-state index >= 15 is 0 Å². The Morgan fingerprint density at radius 3 is 2.56 bits per heavy atom. The van der Waals surface area contributed by atoms with Crippen molar-refractivity contribution in [1.82, 2.24) is 10.2 Å². The minimum atomic E-state index is -0.898. The van der Waals surface area contributed by atoms with Crippen molar-refractivity contribution in [2.75, 3.05) is 11.5 Å². The highest BCUT2D eigenvalue weighted by Gasteiger charge is 2.45. The summed E-state index contributed by atoms with van der Waals surface area (Å²) >= 11 is 2.76. The summed E-state index contributed by atoms with van der Waals surface area (Å²) in [6.45, 7) is 2.64. The maximum absolute atomic E-state index is 13.5. The highest BCUT2D eigenvalue weighted by Crippen LogP contribution is 2.44. The number of nitrogens with zero attached hydrogens (tertiary/aromatic N) is 3. The molecule has 9 heteroatoms. The van der Waals surface area contributed by atoms with Crippen molar-refractivity contribution >= 4 is 46.0 Å². The third kappa shape index (κ3) is 6.75. The van der Waals surface area contributed by atoms with Crippen molar-refractivity contribution in [3.8, 4) is 5.75 Å². The Hall–Kier alpha value is -4.21. The zero-order valence-electron chi connectivity index (χ0n) is 22.5. The van der Waals surface area contributed by atoms with E-state index in [0.29, 0.717) is 33.1 Å². The van der Waals surface area contributed by atoms with Gasteiger partial charge < -0.3 is 9.84 Å². The van der Waals surface area contributed by atoms with Crippen LogP contribution in [0.15, 0.2) is 107 Å². The van der Waals surface area contributed by atoms with Gasteiger partial charge in [-0.05, 0) is 41.3 Å². The number of aliphatic hydroxyl groups is 1. The second-order valence-electron chi connectivity index (χ2n) is 9.35. The molecule has 1 amide bonds. The summed E-state index contributed by atoms with van der Waals surface area (Å²) in [6.07, 6.45) is 4.95. The minimum absolute atomic E-state index is 0.0124. The Labute approximate surface area is 247 Å². The van der Waals surface area contributed by atoms with Gasteiger partial charge in [0.2, 0.25) is 5.13 Å². The Morgan fingerprint density at radius 2 is 1.80 bits per heavy atom. The molecule has 1 aromatic heterocycles. The molecule has 0 saturated carbocycles. The Balaban J connectivity index is 1.47. The van der Waals surface area contributed by atoms with Crippen molar-refractivity contribution in [3.63, 3.8) is 0 Å². The van der Waals surface area contributed by atoms with Gasteiger partial charge in [0.05, 0.1) is 18.2 Å². The number of carbonyl (C=O) groups excluding carboxylic acids is 2. The first-order chi connectivity index (χ1) is 20.0. The molecule has 0 radical (unpaired) electrons. The van der Waals surface area contributed by atoms with Crippen molar-refractivity contribution in [2.45, 2.75) is 35.9 Å². The molecule has 7 nitrogen and oxygen atoms in total. The van der Waals surface area contributed by atoms with Gasteiger partial charge in [0.15, 0.2) is 15.9 Å². The fraction of sp³-hybridized carbons (Fsp3) is 0.188. The summed E-state index contributed by atoms with van der Waals surface area (Å²) in [6, 6.07) is 25.7. The van der Waals surface area contributed by atoms with Crippen LogP contribution < -0.4 is 9.64 Å². The van der Waals surface area contributed by atoms with Crippen LogP contribution in [0.2, 0.25) is 0 Å². The second kappa shape index (κ2) is 13.4. The third-order valence-electron chi connectivity index (χ3n) is 6.45. The molecule has 41 heavy (non-hydrogen) atoms. The van der Waals surface area contributed by atoms with Crippen LogP contribution in [0.3, 0.4) is 0 Å². The fourth-order valence-corrected chi connectivity index (χ4v) is 6.21. The molecule has 0 fully saturated rings. The molecule has 5 rings (SSSR count). The molecule has 0 spiro atoms. The summed E-state index contributed by atoms with van der Waals surface area (Å²) in [4.78, 5) is 28.4. The molecule has 3 aromatic carbocycles. The predicted octanol–water partition coefficient (Wildman–Crippen LogP) is 7.19. The summed E-state index contributed by atoms with van der Waals surface area (Å²) < 4.78 is 6.59. The van der Waals surface area contributed by atoms with Gasteiger partial charge in [-0.1, -0.05) is 115 Å². The second-order valence-corrected chi connectivity index (χ2v) is 11.5. The number of allylic oxidation sites excluding steroid dienone is 1. The van der Waals surface area contributed by atoms with E-state index in [-0.39, 0.29) is 5.57 Å². The molecule has 4 aromatic rings. The average molecular weight is 584 g/mol. The minimum Gasteiger partial charge on any atom is -0.503 e. The van der Waals surface area contributed by atoms with Crippen LogP contribution in [0.4, 0.5) is 5.13 Å². The number of hydrogen-bond donors (Lipinski definition) is 1. The maximum atomic E-state index is 13.5. The van der Waals surface area contributed by atoms with E-state index in [1.165, 1.54) is 34.1 Å². The highest BCUT2D eigenvalue weighted by molar-refractivity contribution is 8.00. The van der Waals surface area contributed by atoms with E-state index < -0.39 is 23.5 Å². The molecule has 208 valence electrons. The van der Waals surface area contributed by atoms with Gasteiger partial charge in [-0.25, -0.2) is 0 Å². The fourth-order valence-electron chi connectivity index (χ4n) is 4.38. The van der Waals surface area contributed by atoms with E-state index in [1.807, 2.05) is 78.9 Å². The average Bonchev–Trinajstić information content (AvgIpc) is 3.58. The summed E-state index contributed by atoms with van der Waals surface area (Å²) in [5.74, 6) is -0.435. The molecule has 0 saturated heterocycles. The van der Waals surface area contributed by atoms with Crippen LogP contribution in [0.1, 0.15) is 42.5 Å². The van der Waals surface area contributed by atoms with E-state index in [9.17, 15) is 14.7 Å². The molecule has 1 unspecified atom stereocenters. The monoisotopic (exact) mass is 583 g/mol. The van der Waals surface area contributed by atoms with Crippen LogP contribution in [-0.2, 0) is 15.3 Å². The topological polar surface area (TPSA) is 92.6 Å². The number of aromatic nitrogens is 2. The smallest absolute Gasteiger partial charge is 0.296 e. The Kier molecular flexibility index (Phi) is 9.28. The van der Waals surface area contributed by atoms with Gasteiger partial charge in [-0.2, -0.15) is 0 Å². The van der Waals surface area contributed by atoms with Gasteiger partial charge in [0.25, 0.3) is 5.91 Å². The number of hydrogen-bond acceptors (Lipinski definition) is 8. The van der Waals surface area contributed by atoms with Gasteiger partial charge in [0.1, 0.15) is 5.75 Å². The predicted molar refractivity (Wildman–Crippen MR) is 163 cm³/mol. The lowest BCUT2D eigenvalue weighted by Gasteiger charge is -2.24. The SMILES string of the molecule is CCCCOc1cccc(C2C(C(=O)C=Cc3ccccc3)=C(O)C(=O)N2c2nnc(SCc3ccccc3)s2)c1. The van der Waals surface area contributed by atoms with Crippen molar-refractivity contribution in [1.29, 1.82) is 0 Å². The van der Waals surface area contributed by atoms with Crippen LogP contribution in [0.25, 0.3) is 6.08 Å². The van der Waals surface area contributed by atoms with Crippen molar-refractivity contribution in [3.05, 3.63) is 119 Å². The number of ether oxygens (including phenoxy) is 1. The molecule has 2 heterocycles. The van der Waals surface area contributed by atoms with Crippen LogP contribution in [-0.4, -0.2) is 33.6 Å². The molecule has 1 aliphatic heterocycles. The largest absolute Gasteiger partial charge is 0.503 e. The molecule has 1 aliphatic rings. The lowest BCUT2D eigenvalue weighted by molar-refractivity contribution is -0.117. The number of anilines is 1. The normalized spacial score (nSPS) is 15.2. The number of unbranched alkanes of at least 4 members (excludes halogenated alkanes) is 1. The zero-order valence-corrected chi connectivity index (χ0v) is 24.1. The van der Waals surface area contributed by atoms with E-state index in [0.717, 1.165) is 24.0 Å². The Morgan fingerprint density at radius 1 is 1.05 bits per heavy atom. The number of ketones is 1. The highest BCUT2D eigenvalue weighted by atomic mass is 32.2. The van der Waals surface area contributed by atoms with Crippen LogP contribution in [0, 0.1) is 0 Å². The quantitative estimate of drug-likeness (QED) is 0.0816. The van der Waals surface area contributed by atoms with E-state index in [2.05, 4.69) is 17.1 Å². The number of amides is 1. The summed E-state index contributed by atoms with van der Waals surface area (Å²) in [7, 11) is 0. The number of carbonyl (C=O) groups is 2. The first-order valence-electron chi connectivity index (χ1n) is 13.3. The van der Waals surface area contributed by atoms with Gasteiger partial charge in [-0.3, -0.25) is 14.5 Å². The zero-order chi connectivity index (χ0) is 28.6. The number of aliphatic hydroxyl groups excluding tert-OH is 1. The summed E-state index contributed by atoms with van der Waals surface area (Å²) in [5, 5.41) is 19.9. The van der Waals surface area contributed by atoms with Gasteiger partial charge >= 0.3 is 0 Å². The van der Waals surface area contributed by atoms with E-state index in [4.69, 9.17) is 4.74 Å². The summed E-state index contributed by atoms with van der Waals surface area (Å²) in [5.41, 5.74) is 2.58. The molecular weight excluding hydrogens is 555 g/mol. The number of thioether (sulfide) groups is 1. The first kappa shape index (κ1) is 28.3. The molecule has 0 bridgehead atoms. The molecule has 1 atom stereocenters. The first-order valence-corrected chi connectivity index (χ1v) is 15.1. The number of benzene rings is 3.